The van der Waals surface area contributed by atoms with Crippen LogP contribution in [0.2, 0.25) is 0 Å². The lowest BCUT2D eigenvalue weighted by Crippen LogP contribution is -2.30. The van der Waals surface area contributed by atoms with Crippen molar-refractivity contribution in [1.82, 2.24) is 25.1 Å². The summed E-state index contributed by atoms with van der Waals surface area (Å²) in [6.07, 6.45) is 9.65. The number of fused-ring (bicyclic) bond motifs is 1. The predicted octanol–water partition coefficient (Wildman–Crippen LogP) is 1.59. The summed E-state index contributed by atoms with van der Waals surface area (Å²) in [6, 6.07) is 4.44. The fraction of sp³-hybridized carbons (Fsp3) is 0.500. The van der Waals surface area contributed by atoms with Crippen LogP contribution >= 0.6 is 0 Å². The first-order chi connectivity index (χ1) is 10.9. The average molecular weight is 296 g/mol. The van der Waals surface area contributed by atoms with E-state index < -0.39 is 0 Å². The van der Waals surface area contributed by atoms with E-state index in [1.165, 1.54) is 24.9 Å². The molecule has 3 atom stereocenters. The van der Waals surface area contributed by atoms with Crippen LogP contribution in [0.15, 0.2) is 37.1 Å². The Morgan fingerprint density at radius 1 is 1.18 bits per heavy atom. The molecular weight excluding hydrogens is 276 g/mol. The van der Waals surface area contributed by atoms with Gasteiger partial charge < -0.3 is 5.32 Å². The quantitative estimate of drug-likeness (QED) is 0.924. The summed E-state index contributed by atoms with van der Waals surface area (Å²) >= 11 is 0. The molecule has 0 bridgehead atoms. The van der Waals surface area contributed by atoms with Gasteiger partial charge >= 0.3 is 0 Å². The normalized spacial score (nSPS) is 27.7. The van der Waals surface area contributed by atoms with Gasteiger partial charge in [0.2, 0.25) is 0 Å². The Bertz CT molecular complexity index is 605. The molecule has 1 N–H and O–H groups in total. The number of nitrogens with one attached hydrogen (secondary N) is 1. The molecule has 3 heterocycles. The lowest BCUT2D eigenvalue weighted by atomic mass is 9.98. The molecule has 1 aliphatic heterocycles. The van der Waals surface area contributed by atoms with Gasteiger partial charge in [0.1, 0.15) is 12.1 Å². The van der Waals surface area contributed by atoms with Crippen LogP contribution in [0.4, 0.5) is 5.82 Å². The summed E-state index contributed by atoms with van der Waals surface area (Å²) in [5.41, 5.74) is 1.20. The van der Waals surface area contributed by atoms with E-state index in [4.69, 9.17) is 0 Å². The van der Waals surface area contributed by atoms with E-state index in [1.807, 2.05) is 24.5 Å². The monoisotopic (exact) mass is 296 g/mol. The second kappa shape index (κ2) is 5.96. The molecule has 1 saturated carbocycles. The van der Waals surface area contributed by atoms with E-state index >= 15 is 0 Å². The number of aromatic nitrogens is 4. The SMILES string of the molecule is c1cnnc(N[C@@H]2CC[C@@H]3CN(Cc4cncnc4)C[C@@H]32)c1. The molecule has 2 fully saturated rings. The zero-order chi connectivity index (χ0) is 14.8. The summed E-state index contributed by atoms with van der Waals surface area (Å²) in [5, 5.41) is 11.7. The molecular formula is C16H20N6. The van der Waals surface area contributed by atoms with Crippen molar-refractivity contribution in [2.75, 3.05) is 18.4 Å². The Labute approximate surface area is 130 Å². The number of hydrogen-bond acceptors (Lipinski definition) is 6. The third kappa shape index (κ3) is 2.78. The van der Waals surface area contributed by atoms with Crippen LogP contribution in [0.5, 0.6) is 0 Å². The van der Waals surface area contributed by atoms with Crippen molar-refractivity contribution < 1.29 is 0 Å². The van der Waals surface area contributed by atoms with E-state index in [-0.39, 0.29) is 0 Å². The predicted molar refractivity (Wildman–Crippen MR) is 83.0 cm³/mol. The van der Waals surface area contributed by atoms with Gasteiger partial charge in [0.25, 0.3) is 0 Å². The molecule has 4 rings (SSSR count). The first kappa shape index (κ1) is 13.6. The van der Waals surface area contributed by atoms with Crippen molar-refractivity contribution in [3.8, 4) is 0 Å². The molecule has 0 radical (unpaired) electrons. The Kier molecular flexibility index (Phi) is 3.68. The molecule has 0 amide bonds. The van der Waals surface area contributed by atoms with Gasteiger partial charge in [-0.25, -0.2) is 9.97 Å². The van der Waals surface area contributed by atoms with E-state index in [2.05, 4.69) is 30.4 Å². The van der Waals surface area contributed by atoms with E-state index in [0.29, 0.717) is 12.0 Å². The molecule has 1 aliphatic carbocycles. The molecule has 22 heavy (non-hydrogen) atoms. The first-order valence-electron chi connectivity index (χ1n) is 7.89. The number of nitrogens with zero attached hydrogens (tertiary/aromatic N) is 5. The maximum atomic E-state index is 4.15. The van der Waals surface area contributed by atoms with Crippen molar-refractivity contribution in [2.24, 2.45) is 11.8 Å². The van der Waals surface area contributed by atoms with Crippen molar-refractivity contribution in [1.29, 1.82) is 0 Å². The fourth-order valence-corrected chi connectivity index (χ4v) is 3.90. The lowest BCUT2D eigenvalue weighted by molar-refractivity contribution is 0.299. The Hall–Kier alpha value is -2.08. The maximum Gasteiger partial charge on any atom is 0.148 e. The first-order valence-corrected chi connectivity index (χ1v) is 7.89. The van der Waals surface area contributed by atoms with E-state index in [0.717, 1.165) is 24.8 Å². The highest BCUT2D eigenvalue weighted by Gasteiger charge is 2.42. The second-order valence-corrected chi connectivity index (χ2v) is 6.30. The van der Waals surface area contributed by atoms with Crippen LogP contribution in [-0.2, 0) is 6.54 Å². The van der Waals surface area contributed by atoms with Crippen molar-refractivity contribution >= 4 is 5.82 Å². The highest BCUT2D eigenvalue weighted by atomic mass is 15.2. The highest BCUT2D eigenvalue weighted by molar-refractivity contribution is 5.34. The van der Waals surface area contributed by atoms with Gasteiger partial charge in [0.05, 0.1) is 0 Å². The number of hydrogen-bond donors (Lipinski definition) is 1. The van der Waals surface area contributed by atoms with Gasteiger partial charge in [-0.15, -0.1) is 5.10 Å². The minimum absolute atomic E-state index is 0.513. The Morgan fingerprint density at radius 2 is 2.09 bits per heavy atom. The number of anilines is 1. The molecule has 114 valence electrons. The molecule has 1 saturated heterocycles. The minimum Gasteiger partial charge on any atom is -0.366 e. The highest BCUT2D eigenvalue weighted by Crippen LogP contribution is 2.39. The topological polar surface area (TPSA) is 66.8 Å². The largest absolute Gasteiger partial charge is 0.366 e. The lowest BCUT2D eigenvalue weighted by Gasteiger charge is -2.21. The van der Waals surface area contributed by atoms with E-state index in [1.54, 1.807) is 12.5 Å². The summed E-state index contributed by atoms with van der Waals surface area (Å²) < 4.78 is 0. The zero-order valence-corrected chi connectivity index (χ0v) is 12.5. The van der Waals surface area contributed by atoms with Gasteiger partial charge in [-0.2, -0.15) is 5.10 Å². The smallest absolute Gasteiger partial charge is 0.148 e. The Balaban J connectivity index is 1.39. The number of likely N-dealkylation sites (tertiary alicyclic amines) is 1. The maximum absolute atomic E-state index is 4.15. The Morgan fingerprint density at radius 3 is 2.91 bits per heavy atom. The van der Waals surface area contributed by atoms with Crippen LogP contribution in [0.1, 0.15) is 18.4 Å². The molecule has 0 spiro atoms. The standard InChI is InChI=1S/C16H20N6/c1-2-16(21-19-5-1)20-15-4-3-13-9-22(10-14(13)15)8-12-6-17-11-18-7-12/h1-2,5-7,11,13-15H,3-4,8-10H2,(H,20,21)/t13-,14+,15-/m1/s1. The van der Waals surface area contributed by atoms with Crippen LogP contribution in [-0.4, -0.2) is 44.2 Å². The van der Waals surface area contributed by atoms with E-state index in [9.17, 15) is 0 Å². The van der Waals surface area contributed by atoms with Crippen molar-refractivity contribution in [3.05, 3.63) is 42.6 Å². The molecule has 0 aromatic carbocycles. The average Bonchev–Trinajstić information content (AvgIpc) is 3.11. The molecule has 2 aromatic rings. The number of rotatable bonds is 4. The van der Waals surface area contributed by atoms with Gasteiger partial charge in [-0.3, -0.25) is 4.90 Å². The van der Waals surface area contributed by atoms with Gasteiger partial charge in [0.15, 0.2) is 0 Å². The fourth-order valence-electron chi connectivity index (χ4n) is 3.90. The third-order valence-electron chi connectivity index (χ3n) is 4.86. The summed E-state index contributed by atoms with van der Waals surface area (Å²) in [5.74, 6) is 2.38. The third-order valence-corrected chi connectivity index (χ3v) is 4.86. The van der Waals surface area contributed by atoms with Gasteiger partial charge in [-0.1, -0.05) is 0 Å². The molecule has 2 aliphatic rings. The van der Waals surface area contributed by atoms with Crippen molar-refractivity contribution in [3.63, 3.8) is 0 Å². The summed E-state index contributed by atoms with van der Waals surface area (Å²) in [6.45, 7) is 3.27. The molecule has 0 unspecified atom stereocenters. The summed E-state index contributed by atoms with van der Waals surface area (Å²) in [4.78, 5) is 10.7. The molecule has 6 nitrogen and oxygen atoms in total. The summed E-state index contributed by atoms with van der Waals surface area (Å²) in [7, 11) is 0. The second-order valence-electron chi connectivity index (χ2n) is 6.30. The van der Waals surface area contributed by atoms with Crippen LogP contribution in [0, 0.1) is 11.8 Å². The minimum atomic E-state index is 0.513. The van der Waals surface area contributed by atoms with Crippen LogP contribution in [0.25, 0.3) is 0 Å². The molecule has 6 heteroatoms. The van der Waals surface area contributed by atoms with Gasteiger partial charge in [-0.05, 0) is 36.8 Å². The van der Waals surface area contributed by atoms with Crippen molar-refractivity contribution in [2.45, 2.75) is 25.4 Å². The van der Waals surface area contributed by atoms with Crippen LogP contribution in [0.3, 0.4) is 0 Å². The zero-order valence-electron chi connectivity index (χ0n) is 12.5. The van der Waals surface area contributed by atoms with Gasteiger partial charge in [0, 0.05) is 49.8 Å². The van der Waals surface area contributed by atoms with Crippen LogP contribution < -0.4 is 5.32 Å². The molecule has 2 aromatic heterocycles.